The Hall–Kier alpha value is -1.65. The summed E-state index contributed by atoms with van der Waals surface area (Å²) in [5.41, 5.74) is 1.68. The molecule has 4 nitrogen and oxygen atoms in total. The first-order valence-corrected chi connectivity index (χ1v) is 5.22. The summed E-state index contributed by atoms with van der Waals surface area (Å²) in [6.07, 6.45) is -0.955. The quantitative estimate of drug-likeness (QED) is 0.602. The molecule has 0 aliphatic carbocycles. The minimum absolute atomic E-state index is 0.392. The molecule has 1 aromatic heterocycles. The van der Waals surface area contributed by atoms with Gasteiger partial charge in [-0.3, -0.25) is 4.79 Å². The van der Waals surface area contributed by atoms with Crippen molar-refractivity contribution in [2.45, 2.75) is 6.27 Å². The van der Waals surface area contributed by atoms with Crippen LogP contribution in [0.1, 0.15) is 23.7 Å². The molecule has 0 spiro atoms. The second-order valence-electron chi connectivity index (χ2n) is 3.65. The summed E-state index contributed by atoms with van der Waals surface area (Å²) in [4.78, 5) is 11.3. The van der Waals surface area contributed by atoms with Crippen LogP contribution in [-0.4, -0.2) is 25.1 Å². The molecular weight excluding hydrogens is 218 g/mol. The zero-order chi connectivity index (χ0) is 13.3. The maximum absolute atomic E-state index is 11.3. The lowest BCUT2D eigenvalue weighted by atomic mass is 10.1. The van der Waals surface area contributed by atoms with Crippen molar-refractivity contribution in [3.05, 3.63) is 35.5 Å². The molecule has 0 amide bonds. The first kappa shape index (κ1) is 10.5. The monoisotopic (exact) mass is 234 g/mol. The van der Waals surface area contributed by atoms with Crippen LogP contribution in [0.4, 0.5) is 0 Å². The number of carbonyl (C=O) groups is 1. The molecule has 1 heterocycles. The minimum Gasteiger partial charge on any atom is -0.350 e. The van der Waals surface area contributed by atoms with E-state index in [9.17, 15) is 4.79 Å². The molecule has 1 aromatic carbocycles. The van der Waals surface area contributed by atoms with Crippen LogP contribution in [0, 0.1) is 0 Å². The number of fused-ring (bicyclic) bond motifs is 1. The number of benzene rings is 1. The van der Waals surface area contributed by atoms with Gasteiger partial charge < -0.3 is 14.0 Å². The summed E-state index contributed by atoms with van der Waals surface area (Å²) < 4.78 is 20.1. The third-order valence-electron chi connectivity index (χ3n) is 2.83. The Bertz CT molecular complexity index is 587. The van der Waals surface area contributed by atoms with Gasteiger partial charge in [0, 0.05) is 37.7 Å². The van der Waals surface area contributed by atoms with Crippen molar-refractivity contribution in [1.29, 1.82) is 0 Å². The lowest BCUT2D eigenvalue weighted by Gasteiger charge is -2.15. The van der Waals surface area contributed by atoms with Gasteiger partial charge in [0.05, 0.1) is 7.06 Å². The van der Waals surface area contributed by atoms with Crippen molar-refractivity contribution < 1.29 is 15.6 Å². The fourth-order valence-electron chi connectivity index (χ4n) is 2.07. The largest absolute Gasteiger partial charge is 0.350 e. The standard InChI is InChI=1S/C13H15NO3/c1-14-11-7-5-4-6-9(11)10(8-15)12(14)13(16-2)17-3/h4-8,13H,1-3H3/i13D. The van der Waals surface area contributed by atoms with Crippen LogP contribution in [0.5, 0.6) is 0 Å². The van der Waals surface area contributed by atoms with Crippen molar-refractivity contribution in [1.82, 2.24) is 4.57 Å². The Morgan fingerprint density at radius 1 is 1.35 bits per heavy atom. The molecule has 4 heteroatoms. The highest BCUT2D eigenvalue weighted by atomic mass is 16.7. The highest BCUT2D eigenvalue weighted by Crippen LogP contribution is 2.29. The number of aryl methyl sites for hydroxylation is 1. The number of para-hydroxylation sites is 1. The Morgan fingerprint density at radius 2 is 2.00 bits per heavy atom. The van der Waals surface area contributed by atoms with Gasteiger partial charge in [0.1, 0.15) is 0 Å². The predicted octanol–water partition coefficient (Wildman–Crippen LogP) is 2.28. The van der Waals surface area contributed by atoms with Crippen molar-refractivity contribution >= 4 is 17.2 Å². The fraction of sp³-hybridized carbons (Fsp3) is 0.308. The summed E-state index contributed by atoms with van der Waals surface area (Å²) >= 11 is 0. The van der Waals surface area contributed by atoms with Gasteiger partial charge in [0.2, 0.25) is 0 Å². The molecule has 17 heavy (non-hydrogen) atoms. The molecular formula is C13H15NO3. The van der Waals surface area contributed by atoms with Gasteiger partial charge in [-0.2, -0.15) is 0 Å². The van der Waals surface area contributed by atoms with Crippen LogP contribution in [0.25, 0.3) is 10.9 Å². The Kier molecular flexibility index (Phi) is 2.90. The van der Waals surface area contributed by atoms with Crippen LogP contribution >= 0.6 is 0 Å². The SMILES string of the molecule is [2H]C(OC)(OC)c1c(C=O)c2ccccc2n1C. The van der Waals surface area contributed by atoms with E-state index in [1.165, 1.54) is 14.2 Å². The van der Waals surface area contributed by atoms with Crippen LogP contribution < -0.4 is 0 Å². The first-order valence-electron chi connectivity index (χ1n) is 5.72. The molecule has 0 fully saturated rings. The van der Waals surface area contributed by atoms with E-state index < -0.39 is 6.27 Å². The molecule has 0 N–H and O–H groups in total. The van der Waals surface area contributed by atoms with Crippen molar-refractivity contribution in [2.75, 3.05) is 14.2 Å². The molecule has 2 aromatic rings. The van der Waals surface area contributed by atoms with E-state index in [4.69, 9.17) is 10.8 Å². The maximum Gasteiger partial charge on any atom is 0.199 e. The van der Waals surface area contributed by atoms with Gasteiger partial charge >= 0.3 is 0 Å². The molecule has 0 bridgehead atoms. The number of hydrogen-bond acceptors (Lipinski definition) is 3. The van der Waals surface area contributed by atoms with Crippen LogP contribution in [0.3, 0.4) is 0 Å². The third kappa shape index (κ3) is 1.75. The number of hydrogen-bond donors (Lipinski definition) is 0. The number of aromatic nitrogens is 1. The van der Waals surface area contributed by atoms with Gasteiger partial charge in [0.25, 0.3) is 0 Å². The van der Waals surface area contributed by atoms with Crippen molar-refractivity contribution in [2.24, 2.45) is 7.05 Å². The molecule has 0 atom stereocenters. The maximum atomic E-state index is 11.3. The lowest BCUT2D eigenvalue weighted by Crippen LogP contribution is -2.10. The zero-order valence-electron chi connectivity index (χ0n) is 11.1. The average Bonchev–Trinajstić information content (AvgIpc) is 2.71. The summed E-state index contributed by atoms with van der Waals surface area (Å²) in [6, 6.07) is 7.46. The normalized spacial score (nSPS) is 12.8. The third-order valence-corrected chi connectivity index (χ3v) is 2.83. The number of aldehydes is 1. The average molecular weight is 234 g/mol. The van der Waals surface area contributed by atoms with E-state index in [-0.39, 0.29) is 0 Å². The van der Waals surface area contributed by atoms with E-state index in [1.807, 2.05) is 24.3 Å². The first-order chi connectivity index (χ1) is 8.59. The molecule has 90 valence electrons. The number of carbonyl (C=O) groups excluding carboxylic acids is 1. The summed E-state index contributed by atoms with van der Waals surface area (Å²) in [7, 11) is 4.54. The zero-order valence-corrected chi connectivity index (χ0v) is 10.1. The van der Waals surface area contributed by atoms with Crippen molar-refractivity contribution in [3.63, 3.8) is 0 Å². The highest BCUT2D eigenvalue weighted by Gasteiger charge is 2.21. The van der Waals surface area contributed by atoms with Crippen LogP contribution in [-0.2, 0) is 16.5 Å². The van der Waals surface area contributed by atoms with Gasteiger partial charge in [-0.15, -0.1) is 0 Å². The van der Waals surface area contributed by atoms with E-state index >= 15 is 0 Å². The van der Waals surface area contributed by atoms with Gasteiger partial charge in [-0.1, -0.05) is 18.2 Å². The number of methoxy groups -OCH3 is 2. The smallest absolute Gasteiger partial charge is 0.199 e. The summed E-state index contributed by atoms with van der Waals surface area (Å²) in [5, 5.41) is 0.788. The number of nitrogens with zero attached hydrogens (tertiary/aromatic N) is 1. The van der Waals surface area contributed by atoms with E-state index in [1.54, 1.807) is 11.6 Å². The highest BCUT2D eigenvalue weighted by molar-refractivity contribution is 5.99. The van der Waals surface area contributed by atoms with E-state index in [0.29, 0.717) is 11.3 Å². The van der Waals surface area contributed by atoms with Gasteiger partial charge in [-0.05, 0) is 6.07 Å². The van der Waals surface area contributed by atoms with Gasteiger partial charge in [-0.25, -0.2) is 0 Å². The second-order valence-corrected chi connectivity index (χ2v) is 3.65. The van der Waals surface area contributed by atoms with E-state index in [2.05, 4.69) is 0 Å². The Morgan fingerprint density at radius 3 is 2.59 bits per heavy atom. The number of ether oxygens (including phenoxy) is 2. The molecule has 0 unspecified atom stereocenters. The predicted molar refractivity (Wildman–Crippen MR) is 65.1 cm³/mol. The molecule has 2 rings (SSSR count). The Balaban J connectivity index is 2.85. The Labute approximate surface area is 101 Å². The molecule has 0 saturated carbocycles. The lowest BCUT2D eigenvalue weighted by molar-refractivity contribution is -0.110. The topological polar surface area (TPSA) is 40.5 Å². The molecule has 0 saturated heterocycles. The summed E-state index contributed by atoms with van der Waals surface area (Å²) in [5.74, 6) is 0. The van der Waals surface area contributed by atoms with Gasteiger partial charge in [0.15, 0.2) is 12.6 Å². The number of rotatable bonds is 4. The molecule has 0 radical (unpaired) electrons. The van der Waals surface area contributed by atoms with Crippen LogP contribution in [0.15, 0.2) is 24.3 Å². The minimum atomic E-state index is -1.69. The second kappa shape index (κ2) is 4.69. The van der Waals surface area contributed by atoms with E-state index in [0.717, 1.165) is 17.2 Å². The fourth-order valence-corrected chi connectivity index (χ4v) is 2.07. The summed E-state index contributed by atoms with van der Waals surface area (Å²) in [6.45, 7) is 0. The molecule has 0 aliphatic rings. The molecule has 0 aliphatic heterocycles. The van der Waals surface area contributed by atoms with Crippen molar-refractivity contribution in [3.8, 4) is 0 Å². The van der Waals surface area contributed by atoms with Crippen LogP contribution in [0.2, 0.25) is 0 Å².